The van der Waals surface area contributed by atoms with Gasteiger partial charge < -0.3 is 10.1 Å². The summed E-state index contributed by atoms with van der Waals surface area (Å²) in [6.45, 7) is 14.8. The van der Waals surface area contributed by atoms with Crippen LogP contribution < -0.4 is 10.1 Å². The SMILES string of the molecule is C=C(NCC1CC1)C1CN(CC2=Cc3ccc(OCCCC(C)(C)F)cc3C[C@@H]2C)C1. The van der Waals surface area contributed by atoms with Crippen LogP contribution >= 0.6 is 0 Å². The smallest absolute Gasteiger partial charge is 0.119 e. The summed E-state index contributed by atoms with van der Waals surface area (Å²) < 4.78 is 19.5. The van der Waals surface area contributed by atoms with Crippen molar-refractivity contribution in [2.24, 2.45) is 17.8 Å². The summed E-state index contributed by atoms with van der Waals surface area (Å²) in [6, 6.07) is 6.41. The number of hydrogen-bond donors (Lipinski definition) is 1. The van der Waals surface area contributed by atoms with Crippen molar-refractivity contribution in [2.75, 3.05) is 32.8 Å². The first kappa shape index (κ1) is 22.4. The Morgan fingerprint density at radius 2 is 2.06 bits per heavy atom. The summed E-state index contributed by atoms with van der Waals surface area (Å²) >= 11 is 0. The van der Waals surface area contributed by atoms with Crippen molar-refractivity contribution in [3.05, 3.63) is 47.2 Å². The number of benzene rings is 1. The molecule has 0 spiro atoms. The van der Waals surface area contributed by atoms with Gasteiger partial charge >= 0.3 is 0 Å². The van der Waals surface area contributed by atoms with Crippen LogP contribution in [-0.2, 0) is 6.42 Å². The normalized spacial score (nSPS) is 21.8. The Kier molecular flexibility index (Phi) is 6.76. The highest BCUT2D eigenvalue weighted by atomic mass is 19.1. The zero-order valence-electron chi connectivity index (χ0n) is 19.6. The summed E-state index contributed by atoms with van der Waals surface area (Å²) in [4.78, 5) is 2.55. The third-order valence-electron chi connectivity index (χ3n) is 6.97. The molecule has 0 radical (unpaired) electrons. The standard InChI is InChI=1S/C27H39FN2O/c1-19-12-23-14-26(31-11-5-10-27(3,4)28)9-8-22(23)13-24(19)16-30-17-25(18-30)20(2)29-15-21-6-7-21/h8-9,13-14,19,21,25,29H,2,5-7,10-12,15-18H2,1,3-4H3/t19-/m0/s1. The van der Waals surface area contributed by atoms with E-state index in [4.69, 9.17) is 4.74 Å². The van der Waals surface area contributed by atoms with Gasteiger partial charge in [0.2, 0.25) is 0 Å². The van der Waals surface area contributed by atoms with Crippen LogP contribution in [-0.4, -0.2) is 43.4 Å². The van der Waals surface area contributed by atoms with Crippen LogP contribution in [0.15, 0.2) is 36.0 Å². The van der Waals surface area contributed by atoms with Crippen molar-refractivity contribution in [2.45, 2.75) is 58.5 Å². The van der Waals surface area contributed by atoms with E-state index < -0.39 is 5.67 Å². The predicted octanol–water partition coefficient (Wildman–Crippen LogP) is 5.61. The molecule has 0 bridgehead atoms. The number of alkyl halides is 1. The Morgan fingerprint density at radius 3 is 2.77 bits per heavy atom. The lowest BCUT2D eigenvalue weighted by Gasteiger charge is -2.42. The highest BCUT2D eigenvalue weighted by molar-refractivity contribution is 5.62. The first-order valence-electron chi connectivity index (χ1n) is 12.1. The molecule has 0 amide bonds. The minimum Gasteiger partial charge on any atom is -0.494 e. The van der Waals surface area contributed by atoms with Gasteiger partial charge in [-0.1, -0.05) is 31.2 Å². The van der Waals surface area contributed by atoms with Crippen LogP contribution in [0.4, 0.5) is 4.39 Å². The molecule has 0 unspecified atom stereocenters. The second-order valence-electron chi connectivity index (χ2n) is 10.6. The van der Waals surface area contributed by atoms with Crippen molar-refractivity contribution in [1.82, 2.24) is 10.2 Å². The Bertz CT molecular complexity index is 815. The van der Waals surface area contributed by atoms with Crippen LogP contribution in [0.3, 0.4) is 0 Å². The minimum absolute atomic E-state index is 0.530. The lowest BCUT2D eigenvalue weighted by molar-refractivity contribution is 0.129. The molecule has 1 saturated carbocycles. The maximum absolute atomic E-state index is 13.6. The van der Waals surface area contributed by atoms with Crippen molar-refractivity contribution >= 4 is 6.08 Å². The molecule has 1 N–H and O–H groups in total. The minimum atomic E-state index is -1.12. The quantitative estimate of drug-likeness (QED) is 0.465. The highest BCUT2D eigenvalue weighted by Crippen LogP contribution is 2.33. The number of nitrogens with one attached hydrogen (secondary N) is 1. The second kappa shape index (κ2) is 9.36. The fourth-order valence-electron chi connectivity index (χ4n) is 4.60. The van der Waals surface area contributed by atoms with E-state index in [1.54, 1.807) is 13.8 Å². The van der Waals surface area contributed by atoms with E-state index in [0.29, 0.717) is 24.9 Å². The van der Waals surface area contributed by atoms with Gasteiger partial charge in [0.05, 0.1) is 6.61 Å². The predicted molar refractivity (Wildman–Crippen MR) is 127 cm³/mol. The lowest BCUT2D eigenvalue weighted by atomic mass is 9.83. The largest absolute Gasteiger partial charge is 0.494 e. The number of ether oxygens (including phenoxy) is 1. The summed E-state index contributed by atoms with van der Waals surface area (Å²) in [5, 5.41) is 3.56. The fraction of sp³-hybridized carbons (Fsp3) is 0.630. The maximum atomic E-state index is 13.6. The molecule has 31 heavy (non-hydrogen) atoms. The average Bonchev–Trinajstić information content (AvgIpc) is 3.50. The molecule has 3 nitrogen and oxygen atoms in total. The van der Waals surface area contributed by atoms with Crippen LogP contribution in [0.5, 0.6) is 5.75 Å². The molecule has 3 aliphatic rings. The van der Waals surface area contributed by atoms with Crippen LogP contribution in [0.1, 0.15) is 57.6 Å². The van der Waals surface area contributed by atoms with Crippen LogP contribution in [0, 0.1) is 17.8 Å². The number of likely N-dealkylation sites (tertiary alicyclic amines) is 1. The molecule has 1 heterocycles. The van der Waals surface area contributed by atoms with E-state index >= 15 is 0 Å². The molecule has 4 heteroatoms. The molecule has 1 aromatic rings. The van der Waals surface area contributed by atoms with Crippen LogP contribution in [0.2, 0.25) is 0 Å². The zero-order chi connectivity index (χ0) is 22.0. The summed E-state index contributed by atoms with van der Waals surface area (Å²) in [7, 11) is 0. The number of hydrogen-bond acceptors (Lipinski definition) is 3. The molecular formula is C27H39FN2O. The number of rotatable bonds is 11. The van der Waals surface area contributed by atoms with E-state index in [9.17, 15) is 4.39 Å². The Morgan fingerprint density at radius 1 is 1.29 bits per heavy atom. The van der Waals surface area contributed by atoms with E-state index in [1.807, 2.05) is 0 Å². The number of nitrogens with zero attached hydrogens (tertiary/aromatic N) is 1. The molecule has 170 valence electrons. The molecule has 1 saturated heterocycles. The Balaban J connectivity index is 1.25. The second-order valence-corrected chi connectivity index (χ2v) is 10.6. The van der Waals surface area contributed by atoms with E-state index in [1.165, 1.54) is 35.2 Å². The summed E-state index contributed by atoms with van der Waals surface area (Å²) in [6.07, 6.45) is 7.48. The monoisotopic (exact) mass is 426 g/mol. The Hall–Kier alpha value is -1.81. The van der Waals surface area contributed by atoms with Gasteiger partial charge in [0.15, 0.2) is 0 Å². The first-order valence-corrected chi connectivity index (χ1v) is 12.1. The maximum Gasteiger partial charge on any atom is 0.119 e. The zero-order valence-corrected chi connectivity index (χ0v) is 19.6. The topological polar surface area (TPSA) is 24.5 Å². The van der Waals surface area contributed by atoms with Gasteiger partial charge in [0.1, 0.15) is 11.4 Å². The molecule has 1 atom stereocenters. The van der Waals surface area contributed by atoms with E-state index in [0.717, 1.165) is 50.7 Å². The third-order valence-corrected chi connectivity index (χ3v) is 6.97. The molecule has 0 aromatic heterocycles. The van der Waals surface area contributed by atoms with Gasteiger partial charge in [-0.2, -0.15) is 0 Å². The fourth-order valence-corrected chi connectivity index (χ4v) is 4.60. The molecular weight excluding hydrogens is 387 g/mol. The van der Waals surface area contributed by atoms with Crippen molar-refractivity contribution in [1.29, 1.82) is 0 Å². The lowest BCUT2D eigenvalue weighted by Crippen LogP contribution is -2.50. The number of halogens is 1. The van der Waals surface area contributed by atoms with Gasteiger partial charge in [0, 0.05) is 37.8 Å². The van der Waals surface area contributed by atoms with Gasteiger partial charge in [-0.15, -0.1) is 0 Å². The van der Waals surface area contributed by atoms with Gasteiger partial charge in [-0.05, 0) is 81.0 Å². The van der Waals surface area contributed by atoms with Gasteiger partial charge in [0.25, 0.3) is 0 Å². The van der Waals surface area contributed by atoms with Gasteiger partial charge in [-0.3, -0.25) is 4.90 Å². The van der Waals surface area contributed by atoms with Crippen molar-refractivity contribution in [3.8, 4) is 5.75 Å². The van der Waals surface area contributed by atoms with Crippen molar-refractivity contribution < 1.29 is 9.13 Å². The molecule has 2 fully saturated rings. The molecule has 1 aliphatic heterocycles. The van der Waals surface area contributed by atoms with Gasteiger partial charge in [-0.25, -0.2) is 4.39 Å². The molecule has 2 aliphatic carbocycles. The van der Waals surface area contributed by atoms with E-state index in [-0.39, 0.29) is 0 Å². The highest BCUT2D eigenvalue weighted by Gasteiger charge is 2.31. The van der Waals surface area contributed by atoms with E-state index in [2.05, 4.69) is 48.0 Å². The Labute approximate surface area is 187 Å². The summed E-state index contributed by atoms with van der Waals surface area (Å²) in [5.41, 5.74) is 4.33. The third kappa shape index (κ3) is 6.35. The molecule has 4 rings (SSSR count). The average molecular weight is 427 g/mol. The number of fused-ring (bicyclic) bond motifs is 1. The van der Waals surface area contributed by atoms with Crippen molar-refractivity contribution in [3.63, 3.8) is 0 Å². The first-order chi connectivity index (χ1) is 14.8. The van der Waals surface area contributed by atoms with Crippen LogP contribution in [0.25, 0.3) is 6.08 Å². The summed E-state index contributed by atoms with van der Waals surface area (Å²) in [5.74, 6) is 2.95. The molecule has 1 aromatic carbocycles.